The van der Waals surface area contributed by atoms with Crippen LogP contribution in [0, 0.1) is 30.6 Å². The van der Waals surface area contributed by atoms with E-state index in [2.05, 4.69) is 22.3 Å². The van der Waals surface area contributed by atoms with Gasteiger partial charge in [-0.05, 0) is 19.1 Å². The average molecular weight is 185 g/mol. The van der Waals surface area contributed by atoms with Gasteiger partial charge in [-0.3, -0.25) is 0 Å². The number of pyridine rings is 1. The topological polar surface area (TPSA) is 48.7 Å². The molecule has 0 aliphatic rings. The molecule has 0 amide bonds. The van der Waals surface area contributed by atoms with Crippen molar-refractivity contribution in [1.82, 2.24) is 4.98 Å². The van der Waals surface area contributed by atoms with Crippen molar-refractivity contribution < 1.29 is 0 Å². The fraction of sp³-hybridized carbons (Fsp3) is 0.273. The normalized spacial score (nSPS) is 8.79. The summed E-state index contributed by atoms with van der Waals surface area (Å²) in [7, 11) is 0. The van der Waals surface area contributed by atoms with E-state index in [1.54, 1.807) is 12.1 Å². The van der Waals surface area contributed by atoms with Crippen LogP contribution < -0.4 is 5.32 Å². The quantitative estimate of drug-likeness (QED) is 0.576. The van der Waals surface area contributed by atoms with E-state index >= 15 is 0 Å². The molecule has 0 atom stereocenters. The molecule has 0 aromatic carbocycles. The summed E-state index contributed by atoms with van der Waals surface area (Å²) in [4.78, 5) is 4.22. The van der Waals surface area contributed by atoms with Gasteiger partial charge >= 0.3 is 0 Å². The molecule has 0 fully saturated rings. The van der Waals surface area contributed by atoms with Crippen molar-refractivity contribution in [2.24, 2.45) is 0 Å². The van der Waals surface area contributed by atoms with Crippen LogP contribution in [0.3, 0.4) is 0 Å². The minimum absolute atomic E-state index is 0.612. The molecule has 0 bridgehead atoms. The van der Waals surface area contributed by atoms with E-state index in [0.717, 1.165) is 5.69 Å². The number of terminal acetylenes is 1. The molecule has 0 unspecified atom stereocenters. The van der Waals surface area contributed by atoms with Crippen molar-refractivity contribution >= 4 is 5.82 Å². The summed E-state index contributed by atoms with van der Waals surface area (Å²) >= 11 is 0. The Labute approximate surface area is 83.8 Å². The number of nitrogens with one attached hydrogen (secondary N) is 1. The largest absolute Gasteiger partial charge is 0.369 e. The maximum Gasteiger partial charge on any atom is 0.127 e. The summed E-state index contributed by atoms with van der Waals surface area (Å²) in [6.45, 7) is 2.53. The lowest BCUT2D eigenvalue weighted by Crippen LogP contribution is -2.03. The average Bonchev–Trinajstić information content (AvgIpc) is 2.17. The summed E-state index contributed by atoms with van der Waals surface area (Å²) in [5.74, 6) is 3.23. The molecule has 0 aliphatic heterocycles. The Kier molecular flexibility index (Phi) is 3.52. The van der Waals surface area contributed by atoms with Crippen molar-refractivity contribution in [3.63, 3.8) is 0 Å². The van der Waals surface area contributed by atoms with Gasteiger partial charge in [-0.1, -0.05) is 0 Å². The Balaban J connectivity index is 2.74. The van der Waals surface area contributed by atoms with Crippen molar-refractivity contribution in [1.29, 1.82) is 5.26 Å². The Morgan fingerprint density at radius 3 is 3.00 bits per heavy atom. The standard InChI is InChI=1S/C11H11N3/c1-3-4-5-13-11-7-10(8-12)6-9(2)14-11/h1,6-7H,4-5H2,2H3,(H,13,14). The van der Waals surface area contributed by atoms with Gasteiger partial charge in [0, 0.05) is 18.7 Å². The Morgan fingerprint density at radius 2 is 2.36 bits per heavy atom. The van der Waals surface area contributed by atoms with E-state index in [-0.39, 0.29) is 0 Å². The SMILES string of the molecule is C#CCCNc1cc(C#N)cc(C)n1. The van der Waals surface area contributed by atoms with Crippen LogP contribution >= 0.6 is 0 Å². The molecule has 0 radical (unpaired) electrons. The van der Waals surface area contributed by atoms with Crippen molar-refractivity contribution in [3.05, 3.63) is 23.4 Å². The second-order valence-corrected chi connectivity index (χ2v) is 2.88. The molecule has 0 spiro atoms. The number of rotatable bonds is 3. The van der Waals surface area contributed by atoms with Crippen LogP contribution in [0.25, 0.3) is 0 Å². The zero-order chi connectivity index (χ0) is 10.4. The maximum absolute atomic E-state index is 8.72. The minimum Gasteiger partial charge on any atom is -0.369 e. The molecular formula is C11H11N3. The summed E-state index contributed by atoms with van der Waals surface area (Å²) in [6, 6.07) is 5.53. The number of aryl methyl sites for hydroxylation is 1. The summed E-state index contributed by atoms with van der Waals surface area (Å²) < 4.78 is 0. The van der Waals surface area contributed by atoms with Gasteiger partial charge in [0.1, 0.15) is 5.82 Å². The molecule has 1 N–H and O–H groups in total. The van der Waals surface area contributed by atoms with Crippen LogP contribution in [0.15, 0.2) is 12.1 Å². The monoisotopic (exact) mass is 185 g/mol. The van der Waals surface area contributed by atoms with E-state index in [9.17, 15) is 0 Å². The first-order chi connectivity index (χ1) is 6.76. The third-order valence-corrected chi connectivity index (χ3v) is 1.66. The summed E-state index contributed by atoms with van der Waals surface area (Å²) in [5, 5.41) is 11.8. The molecule has 0 aliphatic carbocycles. The number of nitrogens with zero attached hydrogens (tertiary/aromatic N) is 2. The molecule has 0 saturated heterocycles. The lowest BCUT2D eigenvalue weighted by atomic mass is 10.2. The number of hydrogen-bond donors (Lipinski definition) is 1. The van der Waals surface area contributed by atoms with E-state index in [4.69, 9.17) is 11.7 Å². The highest BCUT2D eigenvalue weighted by Gasteiger charge is 1.98. The third-order valence-electron chi connectivity index (χ3n) is 1.66. The van der Waals surface area contributed by atoms with Crippen LogP contribution in [-0.4, -0.2) is 11.5 Å². The number of aromatic nitrogens is 1. The smallest absolute Gasteiger partial charge is 0.127 e. The lowest BCUT2D eigenvalue weighted by Gasteiger charge is -2.04. The summed E-state index contributed by atoms with van der Waals surface area (Å²) in [5.41, 5.74) is 1.44. The van der Waals surface area contributed by atoms with Gasteiger partial charge in [-0.15, -0.1) is 12.3 Å². The number of nitriles is 1. The van der Waals surface area contributed by atoms with Crippen molar-refractivity contribution in [2.75, 3.05) is 11.9 Å². The van der Waals surface area contributed by atoms with Gasteiger partial charge in [-0.2, -0.15) is 5.26 Å². The van der Waals surface area contributed by atoms with E-state index in [1.165, 1.54) is 0 Å². The first-order valence-electron chi connectivity index (χ1n) is 4.32. The van der Waals surface area contributed by atoms with Gasteiger partial charge in [-0.25, -0.2) is 4.98 Å². The van der Waals surface area contributed by atoms with Crippen LogP contribution in [0.2, 0.25) is 0 Å². The molecule has 3 nitrogen and oxygen atoms in total. The second kappa shape index (κ2) is 4.89. The van der Waals surface area contributed by atoms with Gasteiger partial charge in [0.2, 0.25) is 0 Å². The molecule has 1 aromatic heterocycles. The predicted molar refractivity (Wildman–Crippen MR) is 55.6 cm³/mol. The Hall–Kier alpha value is -2.00. The van der Waals surface area contributed by atoms with Gasteiger partial charge in [0.25, 0.3) is 0 Å². The lowest BCUT2D eigenvalue weighted by molar-refractivity contribution is 1.06. The maximum atomic E-state index is 8.72. The Bertz CT molecular complexity index is 396. The molecule has 14 heavy (non-hydrogen) atoms. The number of hydrogen-bond acceptors (Lipinski definition) is 3. The minimum atomic E-state index is 0.612. The van der Waals surface area contributed by atoms with E-state index < -0.39 is 0 Å². The first-order valence-corrected chi connectivity index (χ1v) is 4.32. The predicted octanol–water partition coefficient (Wildman–Crippen LogP) is 1.70. The Morgan fingerprint density at radius 1 is 1.57 bits per heavy atom. The van der Waals surface area contributed by atoms with Crippen molar-refractivity contribution in [3.8, 4) is 18.4 Å². The van der Waals surface area contributed by atoms with Crippen LogP contribution in [0.5, 0.6) is 0 Å². The fourth-order valence-corrected chi connectivity index (χ4v) is 1.09. The van der Waals surface area contributed by atoms with E-state index in [1.807, 2.05) is 6.92 Å². The summed E-state index contributed by atoms with van der Waals surface area (Å²) in [6.07, 6.45) is 5.77. The van der Waals surface area contributed by atoms with Gasteiger partial charge in [0.15, 0.2) is 0 Å². The fourth-order valence-electron chi connectivity index (χ4n) is 1.09. The van der Waals surface area contributed by atoms with Crippen LogP contribution in [0.4, 0.5) is 5.82 Å². The second-order valence-electron chi connectivity index (χ2n) is 2.88. The van der Waals surface area contributed by atoms with Gasteiger partial charge < -0.3 is 5.32 Å². The molecule has 1 heterocycles. The molecule has 70 valence electrons. The number of anilines is 1. The third kappa shape index (κ3) is 2.80. The zero-order valence-corrected chi connectivity index (χ0v) is 8.04. The molecule has 3 heteroatoms. The molecular weight excluding hydrogens is 174 g/mol. The zero-order valence-electron chi connectivity index (χ0n) is 8.04. The van der Waals surface area contributed by atoms with Gasteiger partial charge in [0.05, 0.1) is 11.6 Å². The highest BCUT2D eigenvalue weighted by molar-refractivity contribution is 5.44. The molecule has 1 rings (SSSR count). The van der Waals surface area contributed by atoms with Crippen molar-refractivity contribution in [2.45, 2.75) is 13.3 Å². The highest BCUT2D eigenvalue weighted by Crippen LogP contribution is 2.08. The molecule has 0 saturated carbocycles. The van der Waals surface area contributed by atoms with E-state index in [0.29, 0.717) is 24.3 Å². The van der Waals surface area contributed by atoms with Crippen LogP contribution in [-0.2, 0) is 0 Å². The first kappa shape index (κ1) is 10.1. The molecule has 1 aromatic rings. The van der Waals surface area contributed by atoms with Crippen LogP contribution in [0.1, 0.15) is 17.7 Å². The highest BCUT2D eigenvalue weighted by atomic mass is 15.0.